The number of nitrogens with two attached hydrogens (primary N) is 1. The number of amides is 1. The molecule has 2 rings (SSSR count). The molecule has 2 aliphatic rings. The van der Waals surface area contributed by atoms with E-state index in [4.69, 9.17) is 18.0 Å². The van der Waals surface area contributed by atoms with Crippen LogP contribution in [-0.4, -0.2) is 17.4 Å². The minimum atomic E-state index is -0.561. The first-order valence-corrected chi connectivity index (χ1v) is 9.07. The molecule has 1 amide bonds. The van der Waals surface area contributed by atoms with Crippen LogP contribution < -0.4 is 11.1 Å². The highest BCUT2D eigenvalue weighted by Crippen LogP contribution is 2.37. The summed E-state index contributed by atoms with van der Waals surface area (Å²) in [5, 5.41) is 3.17. The standard InChI is InChI=1S/C17H30N2OS/c1-2-13-6-8-14(9-7-13)12-19-16(20)17(15(18)21)10-4-3-5-11-17/h13-14H,2-12H2,1H3,(H2,18,21)(H,19,20). The van der Waals surface area contributed by atoms with E-state index < -0.39 is 5.41 Å². The Morgan fingerprint density at radius 3 is 2.24 bits per heavy atom. The molecule has 3 N–H and O–H groups in total. The first-order valence-electron chi connectivity index (χ1n) is 8.66. The van der Waals surface area contributed by atoms with Gasteiger partial charge in [-0.3, -0.25) is 4.79 Å². The molecule has 0 radical (unpaired) electrons. The molecule has 0 saturated heterocycles. The molecule has 120 valence electrons. The van der Waals surface area contributed by atoms with Crippen LogP contribution in [0.4, 0.5) is 0 Å². The second-order valence-electron chi connectivity index (χ2n) is 7.01. The van der Waals surface area contributed by atoms with Crippen LogP contribution in [0.1, 0.15) is 71.1 Å². The molecule has 2 saturated carbocycles. The second-order valence-corrected chi connectivity index (χ2v) is 7.45. The van der Waals surface area contributed by atoms with E-state index in [0.29, 0.717) is 10.9 Å². The van der Waals surface area contributed by atoms with E-state index in [-0.39, 0.29) is 5.91 Å². The number of hydrogen-bond donors (Lipinski definition) is 2. The van der Waals surface area contributed by atoms with Gasteiger partial charge in [-0.15, -0.1) is 0 Å². The quantitative estimate of drug-likeness (QED) is 0.763. The van der Waals surface area contributed by atoms with Crippen molar-refractivity contribution in [1.82, 2.24) is 5.32 Å². The molecule has 0 aromatic rings. The maximum Gasteiger partial charge on any atom is 0.233 e. The van der Waals surface area contributed by atoms with Crippen LogP contribution in [0, 0.1) is 17.3 Å². The predicted octanol–water partition coefficient (Wildman–Crippen LogP) is 3.56. The van der Waals surface area contributed by atoms with Gasteiger partial charge in [-0.05, 0) is 37.5 Å². The van der Waals surface area contributed by atoms with E-state index in [1.54, 1.807) is 0 Å². The third kappa shape index (κ3) is 3.97. The maximum absolute atomic E-state index is 12.6. The van der Waals surface area contributed by atoms with Gasteiger partial charge in [0.15, 0.2) is 0 Å². The molecule has 2 aliphatic carbocycles. The van der Waals surface area contributed by atoms with Gasteiger partial charge in [0.1, 0.15) is 0 Å². The monoisotopic (exact) mass is 310 g/mol. The van der Waals surface area contributed by atoms with E-state index in [1.165, 1.54) is 38.5 Å². The zero-order chi connectivity index (χ0) is 15.3. The van der Waals surface area contributed by atoms with Gasteiger partial charge in [0.25, 0.3) is 0 Å². The zero-order valence-corrected chi connectivity index (χ0v) is 14.1. The smallest absolute Gasteiger partial charge is 0.233 e. The van der Waals surface area contributed by atoms with Gasteiger partial charge in [0.2, 0.25) is 5.91 Å². The summed E-state index contributed by atoms with van der Waals surface area (Å²) in [6, 6.07) is 0. The predicted molar refractivity (Wildman–Crippen MR) is 91.1 cm³/mol. The third-order valence-corrected chi connectivity index (χ3v) is 6.10. The van der Waals surface area contributed by atoms with Gasteiger partial charge >= 0.3 is 0 Å². The van der Waals surface area contributed by atoms with Crippen LogP contribution >= 0.6 is 12.2 Å². The second kappa shape index (κ2) is 7.57. The van der Waals surface area contributed by atoms with Crippen molar-refractivity contribution in [3.8, 4) is 0 Å². The fraction of sp³-hybridized carbons (Fsp3) is 0.882. The lowest BCUT2D eigenvalue weighted by Gasteiger charge is -2.35. The summed E-state index contributed by atoms with van der Waals surface area (Å²) in [7, 11) is 0. The minimum Gasteiger partial charge on any atom is -0.392 e. The summed E-state index contributed by atoms with van der Waals surface area (Å²) >= 11 is 5.22. The largest absolute Gasteiger partial charge is 0.392 e. The summed E-state index contributed by atoms with van der Waals surface area (Å²) in [5.74, 6) is 1.63. The Balaban J connectivity index is 1.84. The Morgan fingerprint density at radius 2 is 1.71 bits per heavy atom. The number of rotatable bonds is 5. The Hall–Kier alpha value is -0.640. The number of carbonyl (C=O) groups excluding carboxylic acids is 1. The zero-order valence-electron chi connectivity index (χ0n) is 13.3. The molecule has 2 fully saturated rings. The van der Waals surface area contributed by atoms with Crippen molar-refractivity contribution in [2.45, 2.75) is 71.1 Å². The normalized spacial score (nSPS) is 28.8. The summed E-state index contributed by atoms with van der Waals surface area (Å²) in [5.41, 5.74) is 5.36. The maximum atomic E-state index is 12.6. The lowest BCUT2D eigenvalue weighted by molar-refractivity contribution is -0.129. The van der Waals surface area contributed by atoms with Gasteiger partial charge in [-0.1, -0.05) is 57.7 Å². The average Bonchev–Trinajstić information content (AvgIpc) is 2.53. The average molecular weight is 311 g/mol. The van der Waals surface area contributed by atoms with E-state index >= 15 is 0 Å². The third-order valence-electron chi connectivity index (χ3n) is 5.71. The topological polar surface area (TPSA) is 55.1 Å². The highest BCUT2D eigenvalue weighted by molar-refractivity contribution is 7.80. The fourth-order valence-electron chi connectivity index (χ4n) is 3.99. The lowest BCUT2D eigenvalue weighted by atomic mass is 9.73. The molecule has 0 heterocycles. The van der Waals surface area contributed by atoms with Crippen molar-refractivity contribution in [3.63, 3.8) is 0 Å². The van der Waals surface area contributed by atoms with Crippen molar-refractivity contribution in [2.24, 2.45) is 23.0 Å². The molecule has 0 unspecified atom stereocenters. The molecule has 3 nitrogen and oxygen atoms in total. The van der Waals surface area contributed by atoms with Crippen molar-refractivity contribution < 1.29 is 4.79 Å². The highest BCUT2D eigenvalue weighted by atomic mass is 32.1. The molecule has 0 aromatic carbocycles. The van der Waals surface area contributed by atoms with Crippen LogP contribution in [0.25, 0.3) is 0 Å². The summed E-state index contributed by atoms with van der Waals surface area (Å²) < 4.78 is 0. The number of hydrogen-bond acceptors (Lipinski definition) is 2. The summed E-state index contributed by atoms with van der Waals surface area (Å²) in [4.78, 5) is 13.0. The van der Waals surface area contributed by atoms with Crippen molar-refractivity contribution in [3.05, 3.63) is 0 Å². The highest BCUT2D eigenvalue weighted by Gasteiger charge is 2.42. The van der Waals surface area contributed by atoms with Crippen LogP contribution in [0.2, 0.25) is 0 Å². The van der Waals surface area contributed by atoms with E-state index in [0.717, 1.165) is 38.1 Å². The Labute approximate surface area is 134 Å². The molecule has 0 aliphatic heterocycles. The molecule has 0 atom stereocenters. The molecular weight excluding hydrogens is 280 g/mol. The van der Waals surface area contributed by atoms with Gasteiger partial charge in [0.05, 0.1) is 10.4 Å². The van der Waals surface area contributed by atoms with Crippen molar-refractivity contribution >= 4 is 23.1 Å². The Bertz CT molecular complexity index is 369. The number of nitrogens with one attached hydrogen (secondary N) is 1. The van der Waals surface area contributed by atoms with Crippen molar-refractivity contribution in [2.75, 3.05) is 6.54 Å². The van der Waals surface area contributed by atoms with Crippen molar-refractivity contribution in [1.29, 1.82) is 0 Å². The van der Waals surface area contributed by atoms with E-state index in [2.05, 4.69) is 12.2 Å². The summed E-state index contributed by atoms with van der Waals surface area (Å²) in [6.45, 7) is 3.08. The SMILES string of the molecule is CCC1CCC(CNC(=O)C2(C(N)=S)CCCCC2)CC1. The first kappa shape index (κ1) is 16.7. The van der Waals surface area contributed by atoms with Gasteiger partial charge in [-0.25, -0.2) is 0 Å². The van der Waals surface area contributed by atoms with Crippen LogP contribution in [0.5, 0.6) is 0 Å². The van der Waals surface area contributed by atoms with Gasteiger partial charge < -0.3 is 11.1 Å². The lowest BCUT2D eigenvalue weighted by Crippen LogP contribution is -2.51. The number of thiocarbonyl (C=S) groups is 1. The van der Waals surface area contributed by atoms with Crippen LogP contribution in [0.15, 0.2) is 0 Å². The molecule has 21 heavy (non-hydrogen) atoms. The summed E-state index contributed by atoms with van der Waals surface area (Å²) in [6.07, 6.45) is 11.4. The van der Waals surface area contributed by atoms with Crippen LogP contribution in [-0.2, 0) is 4.79 Å². The first-order chi connectivity index (χ1) is 10.1. The molecule has 4 heteroatoms. The molecule has 0 spiro atoms. The van der Waals surface area contributed by atoms with E-state index in [1.807, 2.05) is 0 Å². The van der Waals surface area contributed by atoms with E-state index in [9.17, 15) is 4.79 Å². The Morgan fingerprint density at radius 1 is 1.14 bits per heavy atom. The Kier molecular flexibility index (Phi) is 6.03. The molecular formula is C17H30N2OS. The fourth-order valence-corrected chi connectivity index (χ4v) is 4.29. The minimum absolute atomic E-state index is 0.0901. The van der Waals surface area contributed by atoms with Gasteiger partial charge in [-0.2, -0.15) is 0 Å². The van der Waals surface area contributed by atoms with Crippen LogP contribution in [0.3, 0.4) is 0 Å². The number of carbonyl (C=O) groups is 1. The molecule has 0 bridgehead atoms. The van der Waals surface area contributed by atoms with Gasteiger partial charge in [0, 0.05) is 6.54 Å². The molecule has 0 aromatic heterocycles.